The van der Waals surface area contributed by atoms with Crippen LogP contribution in [0.1, 0.15) is 24.7 Å². The van der Waals surface area contributed by atoms with Crippen LogP contribution in [0.25, 0.3) is 0 Å². The third kappa shape index (κ3) is 4.97. The summed E-state index contributed by atoms with van der Waals surface area (Å²) in [6.45, 7) is 2.41. The van der Waals surface area contributed by atoms with Gasteiger partial charge in [0.25, 0.3) is 0 Å². The van der Waals surface area contributed by atoms with Gasteiger partial charge >= 0.3 is 5.97 Å². The molecule has 0 aliphatic heterocycles. The Kier molecular flexibility index (Phi) is 6.47. The van der Waals surface area contributed by atoms with Crippen LogP contribution in [-0.4, -0.2) is 31.6 Å². The average molecular weight is 400 g/mol. The second-order valence-electron chi connectivity index (χ2n) is 4.94. The van der Waals surface area contributed by atoms with Crippen molar-refractivity contribution in [3.63, 3.8) is 0 Å². The fourth-order valence-corrected chi connectivity index (χ4v) is 3.16. The quantitative estimate of drug-likeness (QED) is 0.686. The van der Waals surface area contributed by atoms with E-state index in [4.69, 9.17) is 9.84 Å². The highest BCUT2D eigenvalue weighted by molar-refractivity contribution is 9.10. The van der Waals surface area contributed by atoms with Gasteiger partial charge in [-0.05, 0) is 40.0 Å². The number of benzene rings is 1. The lowest BCUT2D eigenvalue weighted by Crippen LogP contribution is -2.05. The van der Waals surface area contributed by atoms with E-state index < -0.39 is 5.97 Å². The Hall–Kier alpha value is -1.54. The number of aromatic nitrogens is 3. The van der Waals surface area contributed by atoms with Gasteiger partial charge in [-0.1, -0.05) is 31.2 Å². The van der Waals surface area contributed by atoms with E-state index >= 15 is 0 Å². The molecule has 2 rings (SSSR count). The van der Waals surface area contributed by atoms with E-state index in [1.165, 1.54) is 5.56 Å². The van der Waals surface area contributed by atoms with Gasteiger partial charge in [0.1, 0.15) is 12.4 Å². The first kappa shape index (κ1) is 17.8. The van der Waals surface area contributed by atoms with Crippen molar-refractivity contribution in [2.45, 2.75) is 31.5 Å². The number of carboxylic acid groups (broad SMARTS) is 1. The molecule has 1 N–H and O–H groups in total. The molecule has 1 aromatic carbocycles. The van der Waals surface area contributed by atoms with Gasteiger partial charge in [-0.3, -0.25) is 4.79 Å². The third-order valence-corrected chi connectivity index (χ3v) is 4.77. The predicted octanol–water partition coefficient (Wildman–Crippen LogP) is 3.29. The van der Waals surface area contributed by atoms with Crippen LogP contribution < -0.4 is 4.74 Å². The molecule has 0 saturated carbocycles. The van der Waals surface area contributed by atoms with Crippen molar-refractivity contribution in [2.24, 2.45) is 7.05 Å². The maximum absolute atomic E-state index is 10.6. The Morgan fingerprint density at radius 3 is 2.87 bits per heavy atom. The maximum atomic E-state index is 10.6. The predicted molar refractivity (Wildman–Crippen MR) is 91.8 cm³/mol. The highest BCUT2D eigenvalue weighted by Crippen LogP contribution is 2.27. The molecule has 6 nitrogen and oxygen atoms in total. The van der Waals surface area contributed by atoms with E-state index in [0.717, 1.165) is 34.8 Å². The molecule has 2 aromatic rings. The zero-order valence-electron chi connectivity index (χ0n) is 13.0. The number of rotatable bonds is 8. The van der Waals surface area contributed by atoms with E-state index in [-0.39, 0.29) is 12.4 Å². The largest absolute Gasteiger partial charge is 0.484 e. The monoisotopic (exact) mass is 399 g/mol. The van der Waals surface area contributed by atoms with Crippen LogP contribution in [-0.2, 0) is 24.9 Å². The van der Waals surface area contributed by atoms with Crippen LogP contribution in [0.15, 0.2) is 27.8 Å². The standard InChI is InChI=1S/C15H18BrN3O3S/c1-3-4-10-5-6-12(11(16)7-10)22-8-13-17-18-15(19(13)2)23-9-14(20)21/h5-7H,3-4,8-9H2,1-2H3,(H,20,21). The minimum atomic E-state index is -0.883. The van der Waals surface area contributed by atoms with E-state index in [2.05, 4.69) is 45.2 Å². The number of ether oxygens (including phenoxy) is 1. The molecule has 0 fully saturated rings. The Morgan fingerprint density at radius 2 is 2.22 bits per heavy atom. The second kappa shape index (κ2) is 8.35. The lowest BCUT2D eigenvalue weighted by atomic mass is 10.1. The van der Waals surface area contributed by atoms with Crippen molar-refractivity contribution in [3.8, 4) is 5.75 Å². The van der Waals surface area contributed by atoms with E-state index in [1.807, 2.05) is 6.07 Å². The molecule has 0 spiro atoms. The molecule has 1 heterocycles. The number of nitrogens with zero attached hydrogens (tertiary/aromatic N) is 3. The van der Waals surface area contributed by atoms with Crippen molar-refractivity contribution in [1.29, 1.82) is 0 Å². The summed E-state index contributed by atoms with van der Waals surface area (Å²) >= 11 is 4.65. The summed E-state index contributed by atoms with van der Waals surface area (Å²) in [4.78, 5) is 10.6. The summed E-state index contributed by atoms with van der Waals surface area (Å²) in [5.41, 5.74) is 1.26. The lowest BCUT2D eigenvalue weighted by molar-refractivity contribution is -0.133. The maximum Gasteiger partial charge on any atom is 0.313 e. The Bertz CT molecular complexity index is 691. The van der Waals surface area contributed by atoms with Crippen molar-refractivity contribution in [3.05, 3.63) is 34.1 Å². The van der Waals surface area contributed by atoms with Gasteiger partial charge in [0.05, 0.1) is 10.2 Å². The number of halogens is 1. The molecule has 8 heteroatoms. The zero-order valence-corrected chi connectivity index (χ0v) is 15.4. The minimum absolute atomic E-state index is 0.0444. The molecule has 0 saturated heterocycles. The molecule has 23 heavy (non-hydrogen) atoms. The molecule has 0 unspecified atom stereocenters. The fraction of sp³-hybridized carbons (Fsp3) is 0.400. The average Bonchev–Trinajstić information content (AvgIpc) is 2.85. The van der Waals surface area contributed by atoms with Gasteiger partial charge in [0.2, 0.25) is 0 Å². The van der Waals surface area contributed by atoms with Gasteiger partial charge in [0.15, 0.2) is 11.0 Å². The molecule has 0 bridgehead atoms. The van der Waals surface area contributed by atoms with E-state index in [0.29, 0.717) is 11.0 Å². The Morgan fingerprint density at radius 1 is 1.43 bits per heavy atom. The van der Waals surface area contributed by atoms with Crippen LogP contribution in [0, 0.1) is 0 Å². The van der Waals surface area contributed by atoms with Gasteiger partial charge in [-0.25, -0.2) is 0 Å². The number of carboxylic acids is 1. The van der Waals surface area contributed by atoms with Gasteiger partial charge in [0, 0.05) is 7.05 Å². The van der Waals surface area contributed by atoms with E-state index in [1.54, 1.807) is 11.6 Å². The molecule has 0 aliphatic carbocycles. The highest BCUT2D eigenvalue weighted by Gasteiger charge is 2.12. The molecule has 0 atom stereocenters. The SMILES string of the molecule is CCCc1ccc(OCc2nnc(SCC(=O)O)n2C)c(Br)c1. The first-order valence-corrected chi connectivity index (χ1v) is 8.93. The number of hydrogen-bond donors (Lipinski definition) is 1. The van der Waals surface area contributed by atoms with Crippen LogP contribution in [0.2, 0.25) is 0 Å². The van der Waals surface area contributed by atoms with E-state index in [9.17, 15) is 4.79 Å². The van der Waals surface area contributed by atoms with Gasteiger partial charge in [-0.15, -0.1) is 10.2 Å². The number of carbonyl (C=O) groups is 1. The molecule has 0 radical (unpaired) electrons. The number of aryl methyl sites for hydroxylation is 1. The number of thioether (sulfide) groups is 1. The topological polar surface area (TPSA) is 77.2 Å². The van der Waals surface area contributed by atoms with Crippen molar-refractivity contribution in [2.75, 3.05) is 5.75 Å². The summed E-state index contributed by atoms with van der Waals surface area (Å²) in [7, 11) is 1.79. The van der Waals surface area contributed by atoms with Crippen molar-refractivity contribution < 1.29 is 14.6 Å². The molecule has 124 valence electrons. The Balaban J connectivity index is 1.99. The van der Waals surface area contributed by atoms with Gasteiger partial charge < -0.3 is 14.4 Å². The summed E-state index contributed by atoms with van der Waals surface area (Å²) in [5, 5.41) is 17.3. The normalized spacial score (nSPS) is 10.7. The molecular weight excluding hydrogens is 382 g/mol. The molecular formula is C15H18BrN3O3S. The Labute approximate surface area is 147 Å². The first-order valence-electron chi connectivity index (χ1n) is 7.15. The minimum Gasteiger partial charge on any atom is -0.484 e. The summed E-state index contributed by atoms with van der Waals surface area (Å²) in [5.74, 6) is 0.457. The highest BCUT2D eigenvalue weighted by atomic mass is 79.9. The van der Waals surface area contributed by atoms with Crippen LogP contribution in [0.5, 0.6) is 5.75 Å². The van der Waals surface area contributed by atoms with Crippen LogP contribution in [0.4, 0.5) is 0 Å². The lowest BCUT2D eigenvalue weighted by Gasteiger charge is -2.09. The molecule has 1 aromatic heterocycles. The smallest absolute Gasteiger partial charge is 0.313 e. The van der Waals surface area contributed by atoms with Gasteiger partial charge in [-0.2, -0.15) is 0 Å². The number of aliphatic carboxylic acids is 1. The zero-order chi connectivity index (χ0) is 16.8. The summed E-state index contributed by atoms with van der Waals surface area (Å²) < 4.78 is 8.43. The van der Waals surface area contributed by atoms with Crippen molar-refractivity contribution >= 4 is 33.7 Å². The summed E-state index contributed by atoms with van der Waals surface area (Å²) in [6, 6.07) is 6.05. The number of hydrogen-bond acceptors (Lipinski definition) is 5. The fourth-order valence-electron chi connectivity index (χ4n) is 1.97. The van der Waals surface area contributed by atoms with Crippen LogP contribution >= 0.6 is 27.7 Å². The third-order valence-electron chi connectivity index (χ3n) is 3.14. The molecule has 0 aliphatic rings. The first-order chi connectivity index (χ1) is 11.0. The summed E-state index contributed by atoms with van der Waals surface area (Å²) in [6.07, 6.45) is 2.13. The molecule has 0 amide bonds. The van der Waals surface area contributed by atoms with Crippen molar-refractivity contribution in [1.82, 2.24) is 14.8 Å². The van der Waals surface area contributed by atoms with Crippen LogP contribution in [0.3, 0.4) is 0 Å². The second-order valence-corrected chi connectivity index (χ2v) is 6.74.